The van der Waals surface area contributed by atoms with Crippen molar-refractivity contribution >= 4 is 17.8 Å². The number of amides is 2. The van der Waals surface area contributed by atoms with Crippen LogP contribution in [-0.2, 0) is 19.1 Å². The summed E-state index contributed by atoms with van der Waals surface area (Å²) in [4.78, 5) is 37.8. The molecule has 26 heavy (non-hydrogen) atoms. The highest BCUT2D eigenvalue weighted by molar-refractivity contribution is 5.87. The van der Waals surface area contributed by atoms with Gasteiger partial charge in [-0.15, -0.1) is 0 Å². The van der Waals surface area contributed by atoms with Crippen molar-refractivity contribution in [2.75, 3.05) is 20.2 Å². The number of nitrogens with zero attached hydrogens (tertiary/aromatic N) is 1. The summed E-state index contributed by atoms with van der Waals surface area (Å²) in [6.07, 6.45) is 2.82. The Hall–Kier alpha value is -2.37. The zero-order valence-electron chi connectivity index (χ0n) is 15.7. The van der Waals surface area contributed by atoms with Crippen molar-refractivity contribution in [2.24, 2.45) is 5.92 Å². The van der Waals surface area contributed by atoms with Crippen LogP contribution in [0.3, 0.4) is 0 Å². The van der Waals surface area contributed by atoms with Crippen LogP contribution in [0.2, 0.25) is 0 Å². The molecule has 1 aromatic carbocycles. The minimum absolute atomic E-state index is 0.0274. The highest BCUT2D eigenvalue weighted by Crippen LogP contribution is 2.28. The van der Waals surface area contributed by atoms with Crippen molar-refractivity contribution in [3.05, 3.63) is 35.9 Å². The first kappa shape index (κ1) is 19.9. The lowest BCUT2D eigenvalue weighted by atomic mass is 9.86. The predicted molar refractivity (Wildman–Crippen MR) is 98.4 cm³/mol. The number of likely N-dealkylation sites (N-methyl/N-ethyl adjacent to an activating group) is 1. The number of carbonyl (C=O) groups is 3. The average molecular weight is 360 g/mol. The van der Waals surface area contributed by atoms with Crippen LogP contribution >= 0.6 is 0 Å². The molecule has 6 nitrogen and oxygen atoms in total. The summed E-state index contributed by atoms with van der Waals surface area (Å²) in [7, 11) is 1.53. The molecule has 1 aliphatic rings. The minimum atomic E-state index is -0.408. The fourth-order valence-corrected chi connectivity index (χ4v) is 2.73. The van der Waals surface area contributed by atoms with E-state index in [1.165, 1.54) is 11.9 Å². The van der Waals surface area contributed by atoms with Crippen LogP contribution in [0.25, 0.3) is 0 Å². The number of nitrogens with one attached hydrogen (secondary N) is 1. The number of hydrogen-bond acceptors (Lipinski definition) is 4. The Kier molecular flexibility index (Phi) is 7.18. The van der Waals surface area contributed by atoms with Crippen molar-refractivity contribution in [2.45, 2.75) is 45.1 Å². The molecule has 0 heterocycles. The summed E-state index contributed by atoms with van der Waals surface area (Å²) in [6, 6.07) is 9.71. The summed E-state index contributed by atoms with van der Waals surface area (Å²) in [5, 5.41) is 2.83. The molecule has 0 spiro atoms. The quantitative estimate of drug-likeness (QED) is 0.684. The van der Waals surface area contributed by atoms with Crippen LogP contribution in [0.5, 0.6) is 0 Å². The van der Waals surface area contributed by atoms with Crippen LogP contribution in [0.4, 0.5) is 0 Å². The van der Waals surface area contributed by atoms with Gasteiger partial charge in [0.2, 0.25) is 5.91 Å². The Morgan fingerprint density at radius 2 is 1.88 bits per heavy atom. The first-order valence-corrected chi connectivity index (χ1v) is 9.17. The molecule has 0 aliphatic heterocycles. The third-order valence-corrected chi connectivity index (χ3v) is 4.71. The van der Waals surface area contributed by atoms with E-state index in [1.807, 2.05) is 44.2 Å². The Morgan fingerprint density at radius 3 is 2.46 bits per heavy atom. The molecular formula is C20H28N2O4. The van der Waals surface area contributed by atoms with Crippen molar-refractivity contribution in [3.8, 4) is 0 Å². The smallest absolute Gasteiger partial charge is 0.314 e. The van der Waals surface area contributed by atoms with E-state index in [0.717, 1.165) is 24.8 Å². The Balaban J connectivity index is 1.87. The number of esters is 1. The van der Waals surface area contributed by atoms with Gasteiger partial charge in [0.15, 0.2) is 6.61 Å². The SMILES string of the molecule is CC[C@@H](C)[C@@H](C(=O)OCC(=O)N(C)CC(=O)NC1CC1)c1ccccc1. The van der Waals surface area contributed by atoms with Gasteiger partial charge in [0, 0.05) is 13.1 Å². The maximum atomic E-state index is 12.6. The van der Waals surface area contributed by atoms with E-state index < -0.39 is 11.9 Å². The molecule has 0 aromatic heterocycles. The summed E-state index contributed by atoms with van der Waals surface area (Å²) in [5.41, 5.74) is 0.886. The monoisotopic (exact) mass is 360 g/mol. The normalized spacial score (nSPS) is 15.7. The van der Waals surface area contributed by atoms with E-state index in [9.17, 15) is 14.4 Å². The van der Waals surface area contributed by atoms with Gasteiger partial charge in [-0.3, -0.25) is 14.4 Å². The van der Waals surface area contributed by atoms with E-state index in [1.54, 1.807) is 0 Å². The standard InChI is InChI=1S/C20H28N2O4/c1-4-14(2)19(15-8-6-5-7-9-15)20(25)26-13-18(24)22(3)12-17(23)21-16-10-11-16/h5-9,14,16,19H,4,10-13H2,1-3H3,(H,21,23)/t14-,19-/m1/s1. The summed E-state index contributed by atoms with van der Waals surface area (Å²) >= 11 is 0. The zero-order valence-corrected chi connectivity index (χ0v) is 15.7. The fourth-order valence-electron chi connectivity index (χ4n) is 2.73. The molecule has 1 saturated carbocycles. The van der Waals surface area contributed by atoms with Gasteiger partial charge < -0.3 is 15.0 Å². The topological polar surface area (TPSA) is 75.7 Å². The maximum absolute atomic E-state index is 12.6. The van der Waals surface area contributed by atoms with Crippen LogP contribution < -0.4 is 5.32 Å². The van der Waals surface area contributed by atoms with Crippen molar-refractivity contribution in [3.63, 3.8) is 0 Å². The lowest BCUT2D eigenvalue weighted by Crippen LogP contribution is -2.41. The molecule has 6 heteroatoms. The molecule has 0 bridgehead atoms. The third kappa shape index (κ3) is 5.86. The van der Waals surface area contributed by atoms with Crippen molar-refractivity contribution < 1.29 is 19.1 Å². The number of ether oxygens (including phenoxy) is 1. The fraction of sp³-hybridized carbons (Fsp3) is 0.550. The van der Waals surface area contributed by atoms with Gasteiger partial charge in [0.25, 0.3) is 5.91 Å². The summed E-state index contributed by atoms with van der Waals surface area (Å²) in [6.45, 7) is 3.63. The second-order valence-electron chi connectivity index (χ2n) is 6.97. The van der Waals surface area contributed by atoms with Gasteiger partial charge >= 0.3 is 5.97 Å². The Labute approximate surface area is 154 Å². The molecule has 2 amide bonds. The van der Waals surface area contributed by atoms with E-state index >= 15 is 0 Å². The molecule has 0 unspecified atom stereocenters. The van der Waals surface area contributed by atoms with E-state index in [2.05, 4.69) is 5.32 Å². The highest BCUT2D eigenvalue weighted by atomic mass is 16.5. The van der Waals surface area contributed by atoms with Crippen LogP contribution in [0.1, 0.15) is 44.6 Å². The van der Waals surface area contributed by atoms with Crippen LogP contribution in [0, 0.1) is 5.92 Å². The molecule has 1 aliphatic carbocycles. The van der Waals surface area contributed by atoms with Gasteiger partial charge in [-0.25, -0.2) is 0 Å². The molecule has 2 atom stereocenters. The van der Waals surface area contributed by atoms with E-state index in [-0.39, 0.29) is 36.9 Å². The van der Waals surface area contributed by atoms with E-state index in [4.69, 9.17) is 4.74 Å². The second-order valence-corrected chi connectivity index (χ2v) is 6.97. The first-order valence-electron chi connectivity index (χ1n) is 9.17. The van der Waals surface area contributed by atoms with Gasteiger partial charge in [-0.05, 0) is 24.3 Å². The van der Waals surface area contributed by atoms with E-state index in [0.29, 0.717) is 0 Å². The highest BCUT2D eigenvalue weighted by Gasteiger charge is 2.28. The number of hydrogen-bond donors (Lipinski definition) is 1. The lowest BCUT2D eigenvalue weighted by Gasteiger charge is -2.22. The minimum Gasteiger partial charge on any atom is -0.455 e. The van der Waals surface area contributed by atoms with Crippen molar-refractivity contribution in [1.29, 1.82) is 0 Å². The maximum Gasteiger partial charge on any atom is 0.314 e. The largest absolute Gasteiger partial charge is 0.455 e. The summed E-state index contributed by atoms with van der Waals surface area (Å²) < 4.78 is 5.28. The van der Waals surface area contributed by atoms with Crippen molar-refractivity contribution in [1.82, 2.24) is 10.2 Å². The third-order valence-electron chi connectivity index (χ3n) is 4.71. The Morgan fingerprint density at radius 1 is 1.23 bits per heavy atom. The Bertz CT molecular complexity index is 628. The van der Waals surface area contributed by atoms with Gasteiger partial charge in [0.1, 0.15) is 0 Å². The van der Waals surface area contributed by atoms with Gasteiger partial charge in [-0.2, -0.15) is 0 Å². The molecule has 1 fully saturated rings. The second kappa shape index (κ2) is 9.36. The zero-order chi connectivity index (χ0) is 19.1. The molecule has 1 N–H and O–H groups in total. The molecule has 142 valence electrons. The van der Waals surface area contributed by atoms with Crippen LogP contribution in [-0.4, -0.2) is 48.9 Å². The van der Waals surface area contributed by atoms with Gasteiger partial charge in [-0.1, -0.05) is 50.6 Å². The number of carbonyl (C=O) groups excluding carboxylic acids is 3. The lowest BCUT2D eigenvalue weighted by molar-refractivity contribution is -0.154. The number of rotatable bonds is 9. The average Bonchev–Trinajstić information content (AvgIpc) is 3.44. The number of benzene rings is 1. The molecule has 1 aromatic rings. The first-order chi connectivity index (χ1) is 12.4. The summed E-state index contributed by atoms with van der Waals surface area (Å²) in [5.74, 6) is -1.29. The molecule has 0 saturated heterocycles. The molecular weight excluding hydrogens is 332 g/mol. The molecule has 0 radical (unpaired) electrons. The molecule has 2 rings (SSSR count). The predicted octanol–water partition coefficient (Wildman–Crippen LogP) is 2.10. The van der Waals surface area contributed by atoms with Gasteiger partial charge in [0.05, 0.1) is 12.5 Å². The van der Waals surface area contributed by atoms with Crippen LogP contribution in [0.15, 0.2) is 30.3 Å².